The first-order valence-electron chi connectivity index (χ1n) is 6.67. The van der Waals surface area contributed by atoms with Gasteiger partial charge in [-0.2, -0.15) is 0 Å². The van der Waals surface area contributed by atoms with Gasteiger partial charge in [0, 0.05) is 25.8 Å². The molecular formula is C14H21N5. The van der Waals surface area contributed by atoms with Gasteiger partial charge in [-0.25, -0.2) is 0 Å². The smallest absolute Gasteiger partial charge is 0.0967 e. The molecule has 0 aliphatic rings. The van der Waals surface area contributed by atoms with Gasteiger partial charge in [-0.1, -0.05) is 42.5 Å². The molecule has 0 unspecified atom stereocenters. The highest BCUT2D eigenvalue weighted by Crippen LogP contribution is 2.07. The topological polar surface area (TPSA) is 60.0 Å². The van der Waals surface area contributed by atoms with Crippen molar-refractivity contribution in [1.82, 2.24) is 19.9 Å². The lowest BCUT2D eigenvalue weighted by molar-refractivity contribution is 0.268. The summed E-state index contributed by atoms with van der Waals surface area (Å²) in [5.74, 6) is 0. The van der Waals surface area contributed by atoms with Gasteiger partial charge in [0.05, 0.1) is 12.2 Å². The van der Waals surface area contributed by atoms with Gasteiger partial charge in [-0.3, -0.25) is 9.58 Å². The molecule has 2 aromatic rings. The quantitative estimate of drug-likeness (QED) is 0.813. The fourth-order valence-corrected chi connectivity index (χ4v) is 2.00. The van der Waals surface area contributed by atoms with Gasteiger partial charge in [0.2, 0.25) is 0 Å². The van der Waals surface area contributed by atoms with E-state index in [1.165, 1.54) is 5.56 Å². The Morgan fingerprint density at radius 2 is 2.00 bits per heavy atom. The van der Waals surface area contributed by atoms with Crippen molar-refractivity contribution in [1.29, 1.82) is 0 Å². The molecule has 0 atom stereocenters. The molecule has 2 rings (SSSR count). The van der Waals surface area contributed by atoms with Gasteiger partial charge in [0.15, 0.2) is 0 Å². The van der Waals surface area contributed by atoms with Crippen molar-refractivity contribution in [2.24, 2.45) is 5.73 Å². The number of aromatic nitrogens is 3. The van der Waals surface area contributed by atoms with Crippen molar-refractivity contribution in [2.75, 3.05) is 13.1 Å². The summed E-state index contributed by atoms with van der Waals surface area (Å²) < 4.78 is 1.80. The van der Waals surface area contributed by atoms with E-state index in [1.54, 1.807) is 4.68 Å². The summed E-state index contributed by atoms with van der Waals surface area (Å²) in [7, 11) is 0. The maximum atomic E-state index is 5.50. The summed E-state index contributed by atoms with van der Waals surface area (Å²) >= 11 is 0. The van der Waals surface area contributed by atoms with E-state index in [1.807, 2.05) is 12.3 Å². The molecule has 5 nitrogen and oxygen atoms in total. The standard InChI is InChI=1S/C14H21N5/c1-2-18(10-13-6-4-3-5-7-13)11-14-12-19(9-8-15)17-16-14/h3-7,12H,2,8-11,15H2,1H3. The largest absolute Gasteiger partial charge is 0.329 e. The number of hydrogen-bond acceptors (Lipinski definition) is 4. The summed E-state index contributed by atoms with van der Waals surface area (Å²) in [6, 6.07) is 10.5. The highest BCUT2D eigenvalue weighted by molar-refractivity contribution is 5.14. The molecule has 0 saturated heterocycles. The molecule has 0 spiro atoms. The number of nitrogens with zero attached hydrogens (tertiary/aromatic N) is 4. The normalized spacial score (nSPS) is 11.1. The fourth-order valence-electron chi connectivity index (χ4n) is 2.00. The van der Waals surface area contributed by atoms with Crippen LogP contribution in [0.3, 0.4) is 0 Å². The van der Waals surface area contributed by atoms with E-state index < -0.39 is 0 Å². The minimum absolute atomic E-state index is 0.588. The van der Waals surface area contributed by atoms with Crippen LogP contribution in [-0.4, -0.2) is 33.0 Å². The molecule has 1 aromatic carbocycles. The average Bonchev–Trinajstić information content (AvgIpc) is 2.87. The van der Waals surface area contributed by atoms with Crippen molar-refractivity contribution < 1.29 is 0 Å². The van der Waals surface area contributed by atoms with Crippen LogP contribution in [-0.2, 0) is 19.6 Å². The molecule has 0 fully saturated rings. The van der Waals surface area contributed by atoms with E-state index in [0.29, 0.717) is 6.54 Å². The van der Waals surface area contributed by atoms with E-state index >= 15 is 0 Å². The molecule has 2 N–H and O–H groups in total. The number of benzene rings is 1. The zero-order chi connectivity index (χ0) is 13.5. The maximum Gasteiger partial charge on any atom is 0.0967 e. The zero-order valence-corrected chi connectivity index (χ0v) is 11.4. The number of nitrogens with two attached hydrogens (primary N) is 1. The Morgan fingerprint density at radius 3 is 2.68 bits per heavy atom. The van der Waals surface area contributed by atoms with E-state index in [9.17, 15) is 0 Å². The van der Waals surface area contributed by atoms with Crippen LogP contribution in [0.5, 0.6) is 0 Å². The Balaban J connectivity index is 1.94. The second-order valence-corrected chi connectivity index (χ2v) is 4.55. The zero-order valence-electron chi connectivity index (χ0n) is 11.4. The lowest BCUT2D eigenvalue weighted by atomic mass is 10.2. The van der Waals surface area contributed by atoms with Crippen molar-refractivity contribution >= 4 is 0 Å². The molecule has 0 radical (unpaired) electrons. The summed E-state index contributed by atoms with van der Waals surface area (Å²) in [6.45, 7) is 6.20. The van der Waals surface area contributed by atoms with Gasteiger partial charge in [-0.15, -0.1) is 5.10 Å². The monoisotopic (exact) mass is 259 g/mol. The van der Waals surface area contributed by atoms with Crippen LogP contribution in [0.4, 0.5) is 0 Å². The summed E-state index contributed by atoms with van der Waals surface area (Å²) in [5, 5.41) is 8.24. The molecular weight excluding hydrogens is 238 g/mol. The highest BCUT2D eigenvalue weighted by atomic mass is 15.4. The van der Waals surface area contributed by atoms with E-state index in [-0.39, 0.29) is 0 Å². The Labute approximate surface area is 114 Å². The summed E-state index contributed by atoms with van der Waals surface area (Å²) in [6.07, 6.45) is 1.97. The summed E-state index contributed by atoms with van der Waals surface area (Å²) in [5.41, 5.74) is 7.81. The van der Waals surface area contributed by atoms with Crippen molar-refractivity contribution in [3.8, 4) is 0 Å². The number of hydrogen-bond donors (Lipinski definition) is 1. The Hall–Kier alpha value is -1.72. The van der Waals surface area contributed by atoms with Gasteiger partial charge in [-0.05, 0) is 12.1 Å². The predicted octanol–water partition coefficient (Wildman–Crippen LogP) is 1.26. The lowest BCUT2D eigenvalue weighted by Gasteiger charge is -2.18. The molecule has 0 amide bonds. The third-order valence-corrected chi connectivity index (χ3v) is 3.03. The van der Waals surface area contributed by atoms with Crippen LogP contribution in [0.2, 0.25) is 0 Å². The van der Waals surface area contributed by atoms with E-state index in [2.05, 4.69) is 46.4 Å². The minimum Gasteiger partial charge on any atom is -0.329 e. The molecule has 0 aliphatic heterocycles. The SMILES string of the molecule is CCN(Cc1ccccc1)Cc1cn(CCN)nn1. The molecule has 0 bridgehead atoms. The fraction of sp³-hybridized carbons (Fsp3) is 0.429. The highest BCUT2D eigenvalue weighted by Gasteiger charge is 2.07. The Morgan fingerprint density at radius 1 is 1.21 bits per heavy atom. The van der Waals surface area contributed by atoms with Crippen molar-refractivity contribution in [3.63, 3.8) is 0 Å². The molecule has 102 valence electrons. The second kappa shape index (κ2) is 7.01. The third-order valence-electron chi connectivity index (χ3n) is 3.03. The molecule has 1 heterocycles. The van der Waals surface area contributed by atoms with Crippen molar-refractivity contribution in [3.05, 3.63) is 47.8 Å². The van der Waals surface area contributed by atoms with E-state index in [4.69, 9.17) is 5.73 Å². The second-order valence-electron chi connectivity index (χ2n) is 4.55. The third kappa shape index (κ3) is 4.15. The minimum atomic E-state index is 0.588. The summed E-state index contributed by atoms with van der Waals surface area (Å²) in [4.78, 5) is 2.34. The first-order valence-corrected chi connectivity index (χ1v) is 6.67. The molecule has 1 aromatic heterocycles. The average molecular weight is 259 g/mol. The lowest BCUT2D eigenvalue weighted by Crippen LogP contribution is -2.22. The van der Waals surface area contributed by atoms with Crippen LogP contribution < -0.4 is 5.73 Å². The van der Waals surface area contributed by atoms with Gasteiger partial charge < -0.3 is 5.73 Å². The van der Waals surface area contributed by atoms with Gasteiger partial charge in [0.25, 0.3) is 0 Å². The number of rotatable bonds is 7. The van der Waals surface area contributed by atoms with Crippen LogP contribution in [0, 0.1) is 0 Å². The first-order chi connectivity index (χ1) is 9.31. The van der Waals surface area contributed by atoms with Gasteiger partial charge in [0.1, 0.15) is 0 Å². The molecule has 5 heteroatoms. The molecule has 19 heavy (non-hydrogen) atoms. The maximum absolute atomic E-state index is 5.50. The molecule has 0 aliphatic carbocycles. The van der Waals surface area contributed by atoms with Gasteiger partial charge >= 0.3 is 0 Å². The van der Waals surface area contributed by atoms with Crippen LogP contribution in [0.1, 0.15) is 18.2 Å². The predicted molar refractivity (Wildman–Crippen MR) is 75.3 cm³/mol. The van der Waals surface area contributed by atoms with Crippen molar-refractivity contribution in [2.45, 2.75) is 26.6 Å². The van der Waals surface area contributed by atoms with Crippen LogP contribution in [0.25, 0.3) is 0 Å². The first kappa shape index (κ1) is 13.7. The Kier molecular flexibility index (Phi) is 5.06. The Bertz CT molecular complexity index is 480. The molecule has 0 saturated carbocycles. The van der Waals surface area contributed by atoms with Crippen LogP contribution >= 0.6 is 0 Å². The van der Waals surface area contributed by atoms with Crippen LogP contribution in [0.15, 0.2) is 36.5 Å². The van der Waals surface area contributed by atoms with E-state index in [0.717, 1.165) is 31.9 Å².